The summed E-state index contributed by atoms with van der Waals surface area (Å²) in [6.07, 6.45) is 0.00788. The second-order valence-corrected chi connectivity index (χ2v) is 4.63. The molecule has 0 aliphatic carbocycles. The molecule has 0 aliphatic rings. The first-order chi connectivity index (χ1) is 9.38. The molecule has 0 unspecified atom stereocenters. The summed E-state index contributed by atoms with van der Waals surface area (Å²) in [7, 11) is 0. The smallest absolute Gasteiger partial charge is 0.326 e. The number of hydrogen-bond donors (Lipinski definition) is 3. The number of benzene rings is 1. The highest BCUT2D eigenvalue weighted by Gasteiger charge is 2.20. The molecule has 108 valence electrons. The van der Waals surface area contributed by atoms with Crippen molar-refractivity contribution in [2.75, 3.05) is 0 Å². The number of aliphatic carboxylic acids is 1. The zero-order chi connectivity index (χ0) is 15.1. The van der Waals surface area contributed by atoms with Crippen LogP contribution in [0, 0.1) is 6.92 Å². The second-order valence-electron chi connectivity index (χ2n) is 4.63. The molecule has 1 aromatic carbocycles. The number of carboxylic acid groups (broad SMARTS) is 1. The fourth-order valence-electron chi connectivity index (χ4n) is 1.80. The van der Waals surface area contributed by atoms with Crippen molar-refractivity contribution in [2.24, 2.45) is 5.73 Å². The third kappa shape index (κ3) is 5.51. The molecule has 4 N–H and O–H groups in total. The maximum atomic E-state index is 11.8. The van der Waals surface area contributed by atoms with Crippen molar-refractivity contribution < 1.29 is 19.5 Å². The second kappa shape index (κ2) is 7.28. The van der Waals surface area contributed by atoms with E-state index in [1.165, 1.54) is 0 Å². The molecule has 0 spiro atoms. The normalized spacial score (nSPS) is 11.7. The molecule has 0 bridgehead atoms. The number of aryl methyl sites for hydroxylation is 1. The Bertz CT molecular complexity index is 514. The maximum absolute atomic E-state index is 11.8. The number of carbonyl (C=O) groups is 3. The molecule has 0 radical (unpaired) electrons. The average molecular weight is 278 g/mol. The van der Waals surface area contributed by atoms with Crippen LogP contribution in [0.4, 0.5) is 0 Å². The fourth-order valence-corrected chi connectivity index (χ4v) is 1.80. The van der Waals surface area contributed by atoms with Crippen LogP contribution in [0.5, 0.6) is 0 Å². The van der Waals surface area contributed by atoms with Crippen LogP contribution in [-0.2, 0) is 20.8 Å². The summed E-state index contributed by atoms with van der Waals surface area (Å²) >= 11 is 0. The summed E-state index contributed by atoms with van der Waals surface area (Å²) in [6, 6.07) is 6.30. The number of carboxylic acids is 1. The largest absolute Gasteiger partial charge is 0.480 e. The number of nitrogens with two attached hydrogens (primary N) is 1. The average Bonchev–Trinajstić information content (AvgIpc) is 2.33. The lowest BCUT2D eigenvalue weighted by Gasteiger charge is -2.13. The monoisotopic (exact) mass is 278 g/mol. The van der Waals surface area contributed by atoms with Crippen LogP contribution in [0.2, 0.25) is 0 Å². The SMILES string of the molecule is Cc1cccc(CC(=O)N[C@@H](CCC(N)=O)C(=O)O)c1. The van der Waals surface area contributed by atoms with E-state index in [-0.39, 0.29) is 19.3 Å². The Hall–Kier alpha value is -2.37. The van der Waals surface area contributed by atoms with Gasteiger partial charge in [0.05, 0.1) is 6.42 Å². The van der Waals surface area contributed by atoms with Gasteiger partial charge >= 0.3 is 5.97 Å². The highest BCUT2D eigenvalue weighted by molar-refractivity contribution is 5.85. The quantitative estimate of drug-likeness (QED) is 0.669. The predicted octanol–water partition coefficient (Wildman–Crippen LogP) is 0.372. The van der Waals surface area contributed by atoms with E-state index in [9.17, 15) is 14.4 Å². The van der Waals surface area contributed by atoms with E-state index in [1.54, 1.807) is 6.07 Å². The number of hydrogen-bond acceptors (Lipinski definition) is 3. The van der Waals surface area contributed by atoms with E-state index < -0.39 is 23.8 Å². The molecule has 0 aromatic heterocycles. The first-order valence-electron chi connectivity index (χ1n) is 6.24. The molecular weight excluding hydrogens is 260 g/mol. The van der Waals surface area contributed by atoms with Crippen molar-refractivity contribution in [3.8, 4) is 0 Å². The standard InChI is InChI=1S/C14H18N2O4/c1-9-3-2-4-10(7-9)8-13(18)16-11(14(19)20)5-6-12(15)17/h2-4,7,11H,5-6,8H2,1H3,(H2,15,17)(H,16,18)(H,19,20)/t11-/m0/s1. The lowest BCUT2D eigenvalue weighted by molar-refractivity contribution is -0.142. The summed E-state index contributed by atoms with van der Waals surface area (Å²) in [6.45, 7) is 1.91. The molecule has 1 rings (SSSR count). The van der Waals surface area contributed by atoms with Gasteiger partial charge in [0.1, 0.15) is 6.04 Å². The number of carbonyl (C=O) groups excluding carboxylic acids is 2. The Labute approximate surface area is 117 Å². The van der Waals surface area contributed by atoms with Crippen LogP contribution in [0.3, 0.4) is 0 Å². The van der Waals surface area contributed by atoms with Crippen LogP contribution >= 0.6 is 0 Å². The molecule has 0 heterocycles. The van der Waals surface area contributed by atoms with Gasteiger partial charge in [-0.05, 0) is 18.9 Å². The van der Waals surface area contributed by atoms with E-state index in [1.807, 2.05) is 25.1 Å². The summed E-state index contributed by atoms with van der Waals surface area (Å²) in [5, 5.41) is 11.4. The number of rotatable bonds is 7. The van der Waals surface area contributed by atoms with E-state index in [0.717, 1.165) is 11.1 Å². The first kappa shape index (κ1) is 15.7. The Morgan fingerprint density at radius 2 is 2.05 bits per heavy atom. The summed E-state index contributed by atoms with van der Waals surface area (Å²) in [5.41, 5.74) is 6.80. The van der Waals surface area contributed by atoms with Crippen LogP contribution in [0.15, 0.2) is 24.3 Å². The molecule has 20 heavy (non-hydrogen) atoms. The van der Waals surface area contributed by atoms with Crippen molar-refractivity contribution in [2.45, 2.75) is 32.2 Å². The van der Waals surface area contributed by atoms with Gasteiger partial charge in [-0.1, -0.05) is 29.8 Å². The van der Waals surface area contributed by atoms with Gasteiger partial charge in [-0.2, -0.15) is 0 Å². The van der Waals surface area contributed by atoms with Crippen molar-refractivity contribution in [1.29, 1.82) is 0 Å². The lowest BCUT2D eigenvalue weighted by atomic mass is 10.1. The Kier molecular flexibility index (Phi) is 5.71. The van der Waals surface area contributed by atoms with Crippen LogP contribution in [0.1, 0.15) is 24.0 Å². The minimum atomic E-state index is -1.18. The molecular formula is C14H18N2O4. The van der Waals surface area contributed by atoms with Gasteiger partial charge in [0, 0.05) is 6.42 Å². The number of amides is 2. The Morgan fingerprint density at radius 3 is 2.60 bits per heavy atom. The summed E-state index contributed by atoms with van der Waals surface area (Å²) < 4.78 is 0. The molecule has 0 saturated heterocycles. The van der Waals surface area contributed by atoms with Crippen molar-refractivity contribution in [1.82, 2.24) is 5.32 Å². The van der Waals surface area contributed by atoms with Crippen molar-refractivity contribution in [3.05, 3.63) is 35.4 Å². The number of primary amides is 1. The van der Waals surface area contributed by atoms with Crippen LogP contribution < -0.4 is 11.1 Å². The van der Waals surface area contributed by atoms with Gasteiger partial charge in [0.2, 0.25) is 11.8 Å². The van der Waals surface area contributed by atoms with Crippen molar-refractivity contribution in [3.63, 3.8) is 0 Å². The molecule has 1 aromatic rings. The van der Waals surface area contributed by atoms with E-state index >= 15 is 0 Å². The third-order valence-corrected chi connectivity index (χ3v) is 2.76. The minimum absolute atomic E-state index is 0.00970. The first-order valence-corrected chi connectivity index (χ1v) is 6.24. The zero-order valence-corrected chi connectivity index (χ0v) is 11.3. The van der Waals surface area contributed by atoms with Crippen LogP contribution in [-0.4, -0.2) is 28.9 Å². The third-order valence-electron chi connectivity index (χ3n) is 2.76. The van der Waals surface area contributed by atoms with Gasteiger partial charge in [-0.3, -0.25) is 9.59 Å². The van der Waals surface area contributed by atoms with E-state index in [4.69, 9.17) is 10.8 Å². The molecule has 1 atom stereocenters. The highest BCUT2D eigenvalue weighted by atomic mass is 16.4. The van der Waals surface area contributed by atoms with Crippen LogP contribution in [0.25, 0.3) is 0 Å². The Balaban J connectivity index is 2.57. The van der Waals surface area contributed by atoms with Gasteiger partial charge in [-0.25, -0.2) is 4.79 Å². The summed E-state index contributed by atoms with van der Waals surface area (Å²) in [4.78, 5) is 33.4. The molecule has 6 heteroatoms. The fraction of sp³-hybridized carbons (Fsp3) is 0.357. The van der Waals surface area contributed by atoms with Gasteiger partial charge in [0.25, 0.3) is 0 Å². The number of nitrogens with one attached hydrogen (secondary N) is 1. The Morgan fingerprint density at radius 1 is 1.35 bits per heavy atom. The van der Waals surface area contributed by atoms with Gasteiger partial charge < -0.3 is 16.2 Å². The lowest BCUT2D eigenvalue weighted by Crippen LogP contribution is -2.42. The molecule has 0 fully saturated rings. The zero-order valence-electron chi connectivity index (χ0n) is 11.3. The molecule has 2 amide bonds. The highest BCUT2D eigenvalue weighted by Crippen LogP contribution is 2.05. The predicted molar refractivity (Wildman–Crippen MR) is 72.9 cm³/mol. The molecule has 0 saturated carbocycles. The minimum Gasteiger partial charge on any atom is -0.480 e. The van der Waals surface area contributed by atoms with E-state index in [2.05, 4.69) is 5.32 Å². The molecule has 0 aliphatic heterocycles. The van der Waals surface area contributed by atoms with E-state index in [0.29, 0.717) is 0 Å². The topological polar surface area (TPSA) is 109 Å². The molecule has 6 nitrogen and oxygen atoms in total. The van der Waals surface area contributed by atoms with Crippen molar-refractivity contribution >= 4 is 17.8 Å². The summed E-state index contributed by atoms with van der Waals surface area (Å²) in [5.74, 6) is -2.17. The van der Waals surface area contributed by atoms with Gasteiger partial charge in [-0.15, -0.1) is 0 Å². The maximum Gasteiger partial charge on any atom is 0.326 e. The van der Waals surface area contributed by atoms with Gasteiger partial charge in [0.15, 0.2) is 0 Å².